The van der Waals surface area contributed by atoms with Crippen molar-refractivity contribution in [3.63, 3.8) is 0 Å². The van der Waals surface area contributed by atoms with Gasteiger partial charge in [0.2, 0.25) is 0 Å². The predicted molar refractivity (Wildman–Crippen MR) is 195 cm³/mol. The van der Waals surface area contributed by atoms with Crippen LogP contribution in [0.5, 0.6) is 0 Å². The normalized spacial score (nSPS) is 13.5. The molecule has 3 aromatic carbocycles. The van der Waals surface area contributed by atoms with Gasteiger partial charge in [-0.2, -0.15) is 8.75 Å². The Kier molecular flexibility index (Phi) is 7.96. The van der Waals surface area contributed by atoms with Gasteiger partial charge in [-0.15, -0.1) is 22.7 Å². The summed E-state index contributed by atoms with van der Waals surface area (Å²) >= 11 is 5.06. The monoisotopic (exact) mass is 650 g/mol. The molecule has 0 amide bonds. The first kappa shape index (κ1) is 29.8. The minimum Gasteiger partial charge on any atom is -0.396 e. The van der Waals surface area contributed by atoms with Crippen molar-refractivity contribution in [2.75, 3.05) is 6.61 Å². The Bertz CT molecular complexity index is 2010. The first-order valence-electron chi connectivity index (χ1n) is 15.6. The zero-order valence-electron chi connectivity index (χ0n) is 26.1. The molecule has 4 heterocycles. The van der Waals surface area contributed by atoms with Crippen LogP contribution in [0.2, 0.25) is 13.1 Å². The van der Waals surface area contributed by atoms with Gasteiger partial charge in [-0.1, -0.05) is 80.0 Å². The highest BCUT2D eigenvalue weighted by atomic mass is 32.1. The number of benzene rings is 3. The van der Waals surface area contributed by atoms with E-state index in [-0.39, 0.29) is 0 Å². The molecule has 224 valence electrons. The number of nitrogens with zero attached hydrogens (tertiary/aromatic N) is 2. The summed E-state index contributed by atoms with van der Waals surface area (Å²) in [4.78, 5) is 5.27. The van der Waals surface area contributed by atoms with Crippen LogP contribution in [0.4, 0.5) is 0 Å². The summed E-state index contributed by atoms with van der Waals surface area (Å²) in [6.45, 7) is 12.0. The molecule has 0 spiro atoms. The van der Waals surface area contributed by atoms with Crippen molar-refractivity contribution < 1.29 is 5.11 Å². The minimum absolute atomic E-state index is 0.296. The van der Waals surface area contributed by atoms with Gasteiger partial charge in [0.25, 0.3) is 0 Å². The van der Waals surface area contributed by atoms with Gasteiger partial charge in [-0.25, -0.2) is 0 Å². The molecule has 0 saturated carbocycles. The molecule has 0 saturated heterocycles. The molecule has 0 unspecified atom stereocenters. The molecule has 6 aromatic rings. The number of hydrogen-bond donors (Lipinski definition) is 1. The van der Waals surface area contributed by atoms with E-state index in [2.05, 4.69) is 94.5 Å². The first-order chi connectivity index (χ1) is 21.3. The maximum atomic E-state index is 9.06. The zero-order valence-corrected chi connectivity index (χ0v) is 29.5. The highest BCUT2D eigenvalue weighted by Gasteiger charge is 2.37. The van der Waals surface area contributed by atoms with Crippen molar-refractivity contribution in [3.05, 3.63) is 82.2 Å². The van der Waals surface area contributed by atoms with E-state index in [0.29, 0.717) is 6.61 Å². The SMILES string of the molecule is Cc1ccc2c(c1)[Si](C)(C)c1cc(-c3sc(-c4ccc(-c5cc(CCCCCCO)c(C)s5)c5nsnc45)cc3C)ccc1-2. The van der Waals surface area contributed by atoms with Gasteiger partial charge in [0.15, 0.2) is 0 Å². The molecule has 3 nitrogen and oxygen atoms in total. The highest BCUT2D eigenvalue weighted by molar-refractivity contribution is 7.19. The second-order valence-electron chi connectivity index (χ2n) is 12.8. The van der Waals surface area contributed by atoms with Crippen molar-refractivity contribution in [1.82, 2.24) is 8.75 Å². The summed E-state index contributed by atoms with van der Waals surface area (Å²) in [5.74, 6) is 0. The third kappa shape index (κ3) is 5.13. The number of hydrogen-bond acceptors (Lipinski definition) is 6. The summed E-state index contributed by atoms with van der Waals surface area (Å²) in [7, 11) is -1.75. The van der Waals surface area contributed by atoms with E-state index in [4.69, 9.17) is 13.9 Å². The van der Waals surface area contributed by atoms with Crippen molar-refractivity contribution in [3.8, 4) is 42.4 Å². The fourth-order valence-electron chi connectivity index (χ4n) is 6.84. The van der Waals surface area contributed by atoms with Crippen LogP contribution in [0.25, 0.3) is 53.5 Å². The van der Waals surface area contributed by atoms with Crippen LogP contribution in [0.3, 0.4) is 0 Å². The Morgan fingerprint density at radius 1 is 0.682 bits per heavy atom. The number of fused-ring (bicyclic) bond motifs is 4. The molecular weight excluding hydrogens is 613 g/mol. The van der Waals surface area contributed by atoms with Crippen LogP contribution in [-0.4, -0.2) is 28.5 Å². The summed E-state index contributed by atoms with van der Waals surface area (Å²) in [5, 5.41) is 12.2. The molecule has 3 aromatic heterocycles. The zero-order chi connectivity index (χ0) is 30.6. The highest BCUT2D eigenvalue weighted by Crippen LogP contribution is 2.44. The third-order valence-corrected chi connectivity index (χ3v) is 15.8. The third-order valence-electron chi connectivity index (χ3n) is 9.33. The molecule has 1 N–H and O–H groups in total. The van der Waals surface area contributed by atoms with Crippen LogP contribution < -0.4 is 10.4 Å². The Morgan fingerprint density at radius 3 is 2.05 bits per heavy atom. The van der Waals surface area contributed by atoms with Crippen LogP contribution in [0.15, 0.2) is 60.7 Å². The van der Waals surface area contributed by atoms with Crippen LogP contribution in [0.1, 0.15) is 47.3 Å². The van der Waals surface area contributed by atoms with E-state index in [0.717, 1.165) is 30.3 Å². The summed E-state index contributed by atoms with van der Waals surface area (Å²) in [6, 6.07) is 23.4. The van der Waals surface area contributed by atoms with Crippen LogP contribution in [0, 0.1) is 20.8 Å². The Balaban J connectivity index is 1.20. The fourth-order valence-corrected chi connectivity index (χ4v) is 12.9. The van der Waals surface area contributed by atoms with Crippen molar-refractivity contribution in [1.29, 1.82) is 0 Å². The molecule has 1 aliphatic heterocycles. The van der Waals surface area contributed by atoms with Gasteiger partial charge in [0.1, 0.15) is 19.1 Å². The number of unbranched alkanes of at least 4 members (excludes halogenated alkanes) is 3. The summed E-state index contributed by atoms with van der Waals surface area (Å²) in [5.41, 5.74) is 12.7. The van der Waals surface area contributed by atoms with E-state index in [1.54, 1.807) is 10.4 Å². The average molecular weight is 651 g/mol. The van der Waals surface area contributed by atoms with Gasteiger partial charge in [-0.3, -0.25) is 0 Å². The van der Waals surface area contributed by atoms with E-state index in [1.807, 2.05) is 22.7 Å². The molecule has 0 atom stereocenters. The molecule has 44 heavy (non-hydrogen) atoms. The molecule has 1 aliphatic rings. The minimum atomic E-state index is -1.75. The van der Waals surface area contributed by atoms with Gasteiger partial charge in [-0.05, 0) is 90.4 Å². The Hall–Kier alpha value is -2.94. The number of aryl methyl sites for hydroxylation is 4. The lowest BCUT2D eigenvalue weighted by Gasteiger charge is -2.19. The van der Waals surface area contributed by atoms with Crippen molar-refractivity contribution in [2.24, 2.45) is 0 Å². The quantitative estimate of drug-likeness (QED) is 0.125. The maximum Gasteiger partial charge on any atom is 0.114 e. The molecule has 7 heteroatoms. The molecule has 0 fully saturated rings. The lowest BCUT2D eigenvalue weighted by molar-refractivity contribution is 0.282. The lowest BCUT2D eigenvalue weighted by Crippen LogP contribution is -2.49. The fraction of sp³-hybridized carbons (Fsp3) is 0.297. The van der Waals surface area contributed by atoms with E-state index >= 15 is 0 Å². The average Bonchev–Trinajstić information content (AvgIpc) is 3.78. The Labute approximate surface area is 273 Å². The maximum absolute atomic E-state index is 9.06. The molecule has 0 bridgehead atoms. The summed E-state index contributed by atoms with van der Waals surface area (Å²) in [6.07, 6.45) is 5.43. The smallest absolute Gasteiger partial charge is 0.114 e. The van der Waals surface area contributed by atoms with Crippen molar-refractivity contribution >= 4 is 63.9 Å². The van der Waals surface area contributed by atoms with Crippen molar-refractivity contribution in [2.45, 2.75) is 66.0 Å². The summed E-state index contributed by atoms with van der Waals surface area (Å²) < 4.78 is 9.63. The van der Waals surface area contributed by atoms with Crippen LogP contribution in [-0.2, 0) is 6.42 Å². The second-order valence-corrected chi connectivity index (χ2v) is 19.9. The molecule has 7 rings (SSSR count). The van der Waals surface area contributed by atoms with Gasteiger partial charge in [0.05, 0.1) is 11.7 Å². The molecule has 0 aliphatic carbocycles. The van der Waals surface area contributed by atoms with Gasteiger partial charge in [0, 0.05) is 37.2 Å². The van der Waals surface area contributed by atoms with Gasteiger partial charge >= 0.3 is 0 Å². The number of aromatic nitrogens is 2. The number of aliphatic hydroxyl groups is 1. The van der Waals surface area contributed by atoms with E-state index in [1.165, 1.54) is 88.6 Å². The standard InChI is InChI=1S/C37H38N2OS3Si/c1-22-11-13-27-28-14-12-26(21-34(28)44(4,5)33(27)18-22)37-23(2)19-31(42-37)29-15-16-30(36-35(29)38-43-39-36)32-20-25(24(3)41-32)10-8-6-7-9-17-40/h11-16,18-21,40H,6-10,17H2,1-5H3. The number of rotatable bonds is 9. The predicted octanol–water partition coefficient (Wildman–Crippen LogP) is 9.64. The van der Waals surface area contributed by atoms with E-state index in [9.17, 15) is 0 Å². The largest absolute Gasteiger partial charge is 0.396 e. The molecule has 0 radical (unpaired) electrons. The topological polar surface area (TPSA) is 46.0 Å². The van der Waals surface area contributed by atoms with Gasteiger partial charge < -0.3 is 5.11 Å². The Morgan fingerprint density at radius 2 is 1.32 bits per heavy atom. The van der Waals surface area contributed by atoms with Crippen LogP contribution >= 0.6 is 34.4 Å². The second kappa shape index (κ2) is 11.8. The molecular formula is C37H38N2OS3Si. The lowest BCUT2D eigenvalue weighted by atomic mass is 10.0. The van der Waals surface area contributed by atoms with E-state index < -0.39 is 8.07 Å². The number of aliphatic hydroxyl groups excluding tert-OH is 1. The first-order valence-corrected chi connectivity index (χ1v) is 21.0. The number of thiophene rings is 2.